The lowest BCUT2D eigenvalue weighted by Crippen LogP contribution is -2.23. The molecule has 0 saturated heterocycles. The Bertz CT molecular complexity index is 294. The van der Waals surface area contributed by atoms with Crippen LogP contribution in [-0.4, -0.2) is 10.7 Å². The predicted molar refractivity (Wildman–Crippen MR) is 60.4 cm³/mol. The Morgan fingerprint density at radius 1 is 1.50 bits per heavy atom. The fraction of sp³-hybridized carbons (Fsp3) is 0.417. The van der Waals surface area contributed by atoms with E-state index < -0.39 is 5.60 Å². The average Bonchev–Trinajstić information content (AvgIpc) is 2.15. The van der Waals surface area contributed by atoms with Crippen LogP contribution in [0.5, 0.6) is 0 Å². The first-order valence-corrected chi connectivity index (χ1v) is 5.17. The van der Waals surface area contributed by atoms with E-state index >= 15 is 0 Å². The summed E-state index contributed by atoms with van der Waals surface area (Å²) in [4.78, 5) is 0. The van der Waals surface area contributed by atoms with Crippen molar-refractivity contribution in [1.82, 2.24) is 0 Å². The van der Waals surface area contributed by atoms with Gasteiger partial charge in [0, 0.05) is 5.02 Å². The van der Waals surface area contributed by atoms with Gasteiger partial charge in [0.2, 0.25) is 0 Å². The van der Waals surface area contributed by atoms with E-state index in [0.717, 1.165) is 23.4 Å². The summed E-state index contributed by atoms with van der Waals surface area (Å²) in [5.74, 6) is 0. The smallest absolute Gasteiger partial charge is 0.0623 e. The SMILES string of the molecule is [CH2]CC(C)(O)CCc1cccc(Cl)c1. The summed E-state index contributed by atoms with van der Waals surface area (Å²) in [6.07, 6.45) is 2.09. The molecule has 1 radical (unpaired) electrons. The van der Waals surface area contributed by atoms with Crippen molar-refractivity contribution < 1.29 is 5.11 Å². The lowest BCUT2D eigenvalue weighted by Gasteiger charge is -2.20. The highest BCUT2D eigenvalue weighted by molar-refractivity contribution is 6.30. The molecule has 1 rings (SSSR count). The van der Waals surface area contributed by atoms with Gasteiger partial charge < -0.3 is 5.11 Å². The van der Waals surface area contributed by atoms with Crippen molar-refractivity contribution in [2.24, 2.45) is 0 Å². The summed E-state index contributed by atoms with van der Waals surface area (Å²) in [5, 5.41) is 10.5. The lowest BCUT2D eigenvalue weighted by molar-refractivity contribution is 0.0536. The van der Waals surface area contributed by atoms with E-state index in [9.17, 15) is 5.11 Å². The normalized spacial score (nSPS) is 15.1. The number of rotatable bonds is 4. The molecule has 0 aromatic heterocycles. The van der Waals surface area contributed by atoms with Crippen LogP contribution < -0.4 is 0 Å². The summed E-state index contributed by atoms with van der Waals surface area (Å²) < 4.78 is 0. The molecule has 0 heterocycles. The summed E-state index contributed by atoms with van der Waals surface area (Å²) >= 11 is 5.85. The van der Waals surface area contributed by atoms with E-state index in [2.05, 4.69) is 6.92 Å². The van der Waals surface area contributed by atoms with E-state index in [1.165, 1.54) is 0 Å². The standard InChI is InChI=1S/C12H16ClO/c1-3-12(2,14)8-7-10-5-4-6-11(13)9-10/h4-6,9,14H,1,3,7-8H2,2H3. The van der Waals surface area contributed by atoms with Crippen molar-refractivity contribution in [2.45, 2.75) is 31.8 Å². The molecule has 0 aliphatic heterocycles. The summed E-state index contributed by atoms with van der Waals surface area (Å²) in [6, 6.07) is 7.73. The maximum Gasteiger partial charge on any atom is 0.0623 e. The van der Waals surface area contributed by atoms with Crippen LogP contribution in [0.25, 0.3) is 0 Å². The van der Waals surface area contributed by atoms with Crippen molar-refractivity contribution in [2.75, 3.05) is 0 Å². The second-order valence-corrected chi connectivity index (χ2v) is 4.31. The van der Waals surface area contributed by atoms with Crippen molar-refractivity contribution in [3.05, 3.63) is 41.8 Å². The van der Waals surface area contributed by atoms with E-state index in [4.69, 9.17) is 11.6 Å². The van der Waals surface area contributed by atoms with Gasteiger partial charge in [-0.3, -0.25) is 0 Å². The lowest BCUT2D eigenvalue weighted by atomic mass is 9.94. The second-order valence-electron chi connectivity index (χ2n) is 3.88. The maximum atomic E-state index is 9.76. The van der Waals surface area contributed by atoms with Gasteiger partial charge in [-0.1, -0.05) is 30.7 Å². The highest BCUT2D eigenvalue weighted by atomic mass is 35.5. The van der Waals surface area contributed by atoms with Gasteiger partial charge in [0.05, 0.1) is 5.60 Å². The van der Waals surface area contributed by atoms with Crippen LogP contribution in [0.4, 0.5) is 0 Å². The van der Waals surface area contributed by atoms with Crippen molar-refractivity contribution >= 4 is 11.6 Å². The average molecular weight is 212 g/mol. The van der Waals surface area contributed by atoms with Crippen LogP contribution in [0.15, 0.2) is 24.3 Å². The summed E-state index contributed by atoms with van der Waals surface area (Å²) in [7, 11) is 0. The molecule has 0 aliphatic rings. The van der Waals surface area contributed by atoms with Gasteiger partial charge in [0.1, 0.15) is 0 Å². The molecular weight excluding hydrogens is 196 g/mol. The third kappa shape index (κ3) is 3.69. The van der Waals surface area contributed by atoms with Crippen LogP contribution in [0.3, 0.4) is 0 Å². The van der Waals surface area contributed by atoms with Gasteiger partial charge in [-0.15, -0.1) is 0 Å². The number of hydrogen-bond acceptors (Lipinski definition) is 1. The molecule has 1 unspecified atom stereocenters. The first-order chi connectivity index (χ1) is 6.53. The minimum atomic E-state index is -0.664. The van der Waals surface area contributed by atoms with Gasteiger partial charge in [-0.2, -0.15) is 0 Å². The molecule has 0 amide bonds. The molecule has 1 nitrogen and oxygen atoms in total. The fourth-order valence-corrected chi connectivity index (χ4v) is 1.44. The highest BCUT2D eigenvalue weighted by Crippen LogP contribution is 2.18. The van der Waals surface area contributed by atoms with Crippen LogP contribution in [-0.2, 0) is 6.42 Å². The molecule has 0 aliphatic carbocycles. The number of aliphatic hydroxyl groups is 1. The monoisotopic (exact) mass is 211 g/mol. The van der Waals surface area contributed by atoms with E-state index in [0.29, 0.717) is 6.42 Å². The highest BCUT2D eigenvalue weighted by Gasteiger charge is 2.16. The first-order valence-electron chi connectivity index (χ1n) is 4.79. The number of benzene rings is 1. The van der Waals surface area contributed by atoms with Crippen LogP contribution in [0.2, 0.25) is 5.02 Å². The minimum Gasteiger partial charge on any atom is -0.390 e. The molecule has 1 atom stereocenters. The Balaban J connectivity index is 2.54. The summed E-state index contributed by atoms with van der Waals surface area (Å²) in [6.45, 7) is 5.52. The van der Waals surface area contributed by atoms with Gasteiger partial charge in [0.15, 0.2) is 0 Å². The van der Waals surface area contributed by atoms with Crippen LogP contribution in [0, 0.1) is 6.92 Å². The van der Waals surface area contributed by atoms with E-state index in [1.807, 2.05) is 31.2 Å². The maximum absolute atomic E-state index is 9.76. The zero-order chi connectivity index (χ0) is 10.6. The minimum absolute atomic E-state index is 0.535. The molecule has 0 saturated carbocycles. The number of halogens is 1. The number of hydrogen-bond donors (Lipinski definition) is 1. The molecule has 0 fully saturated rings. The molecule has 1 aromatic carbocycles. The summed E-state index contributed by atoms with van der Waals surface area (Å²) in [5.41, 5.74) is 0.494. The zero-order valence-corrected chi connectivity index (χ0v) is 9.22. The predicted octanol–water partition coefficient (Wildman–Crippen LogP) is 3.25. The van der Waals surface area contributed by atoms with Gasteiger partial charge in [-0.25, -0.2) is 0 Å². The molecule has 0 spiro atoms. The van der Waals surface area contributed by atoms with Gasteiger partial charge in [-0.05, 0) is 43.9 Å². The third-order valence-electron chi connectivity index (χ3n) is 2.38. The molecule has 77 valence electrons. The quantitative estimate of drug-likeness (QED) is 0.811. The third-order valence-corrected chi connectivity index (χ3v) is 2.61. The molecule has 1 aromatic rings. The molecule has 1 N–H and O–H groups in total. The first kappa shape index (κ1) is 11.5. The zero-order valence-electron chi connectivity index (χ0n) is 8.46. The largest absolute Gasteiger partial charge is 0.390 e. The Kier molecular flexibility index (Phi) is 3.97. The Labute approximate surface area is 90.7 Å². The van der Waals surface area contributed by atoms with Gasteiger partial charge >= 0.3 is 0 Å². The van der Waals surface area contributed by atoms with E-state index in [1.54, 1.807) is 0 Å². The fourth-order valence-electron chi connectivity index (χ4n) is 1.23. The van der Waals surface area contributed by atoms with Crippen LogP contribution in [0.1, 0.15) is 25.3 Å². The second kappa shape index (κ2) is 4.81. The Morgan fingerprint density at radius 2 is 2.21 bits per heavy atom. The van der Waals surface area contributed by atoms with Crippen LogP contribution >= 0.6 is 11.6 Å². The van der Waals surface area contributed by atoms with Crippen molar-refractivity contribution in [1.29, 1.82) is 0 Å². The molecule has 14 heavy (non-hydrogen) atoms. The topological polar surface area (TPSA) is 20.2 Å². The number of aryl methyl sites for hydroxylation is 1. The Hall–Kier alpha value is -0.530. The van der Waals surface area contributed by atoms with E-state index in [-0.39, 0.29) is 0 Å². The molecule has 2 heteroatoms. The Morgan fingerprint density at radius 3 is 2.79 bits per heavy atom. The molecule has 0 bridgehead atoms. The molecular formula is C12H16ClO. The van der Waals surface area contributed by atoms with Crippen molar-refractivity contribution in [3.8, 4) is 0 Å². The van der Waals surface area contributed by atoms with Crippen molar-refractivity contribution in [3.63, 3.8) is 0 Å². The van der Waals surface area contributed by atoms with Gasteiger partial charge in [0.25, 0.3) is 0 Å².